The molecule has 1 aliphatic carbocycles. The van der Waals surface area contributed by atoms with Crippen molar-refractivity contribution in [1.82, 2.24) is 4.98 Å². The van der Waals surface area contributed by atoms with Crippen molar-refractivity contribution in [3.63, 3.8) is 0 Å². The van der Waals surface area contributed by atoms with E-state index in [0.717, 1.165) is 5.56 Å². The van der Waals surface area contributed by atoms with Gasteiger partial charge in [-0.1, -0.05) is 34.6 Å². The summed E-state index contributed by atoms with van der Waals surface area (Å²) in [6, 6.07) is 5.33. The highest BCUT2D eigenvalue weighted by molar-refractivity contribution is 7.14. The Morgan fingerprint density at radius 2 is 2.00 bits per heavy atom. The zero-order valence-electron chi connectivity index (χ0n) is 19.6. The number of hydrogen-bond acceptors (Lipinski definition) is 8. The Morgan fingerprint density at radius 3 is 2.69 bits per heavy atom. The first-order valence-corrected chi connectivity index (χ1v) is 11.4. The van der Waals surface area contributed by atoms with Gasteiger partial charge in [0.25, 0.3) is 0 Å². The van der Waals surface area contributed by atoms with Gasteiger partial charge >= 0.3 is 12.1 Å². The number of halogens is 3. The Labute approximate surface area is 204 Å². The highest BCUT2D eigenvalue weighted by Gasteiger charge is 2.33. The normalized spacial score (nSPS) is 14.8. The fourth-order valence-electron chi connectivity index (χ4n) is 3.42. The van der Waals surface area contributed by atoms with E-state index in [4.69, 9.17) is 14.4 Å². The minimum Gasteiger partial charge on any atom is -0.464 e. The van der Waals surface area contributed by atoms with Crippen molar-refractivity contribution in [2.75, 3.05) is 14.2 Å². The third-order valence-corrected chi connectivity index (χ3v) is 6.39. The Kier molecular flexibility index (Phi) is 8.44. The van der Waals surface area contributed by atoms with Crippen LogP contribution >= 0.6 is 11.3 Å². The third kappa shape index (κ3) is 6.36. The number of oxime groups is 2. The summed E-state index contributed by atoms with van der Waals surface area (Å²) in [4.78, 5) is 27.5. The molecule has 0 saturated heterocycles. The number of esters is 1. The molecule has 0 saturated carbocycles. The monoisotopic (exact) mass is 507 g/mol. The fourth-order valence-corrected chi connectivity index (χ4v) is 4.31. The molecule has 0 unspecified atom stereocenters. The fraction of sp³-hybridized carbons (Fsp3) is 0.333. The average molecular weight is 508 g/mol. The van der Waals surface area contributed by atoms with Gasteiger partial charge in [-0.3, -0.25) is 0 Å². The van der Waals surface area contributed by atoms with Gasteiger partial charge in [0.2, 0.25) is 0 Å². The number of alkyl halides is 3. The highest BCUT2D eigenvalue weighted by Crippen LogP contribution is 2.36. The molecule has 35 heavy (non-hydrogen) atoms. The minimum absolute atomic E-state index is 0.00407. The highest BCUT2D eigenvalue weighted by atomic mass is 32.1. The summed E-state index contributed by atoms with van der Waals surface area (Å²) in [5.41, 5.74) is 2.42. The van der Waals surface area contributed by atoms with Crippen LogP contribution in [0.5, 0.6) is 0 Å². The molecule has 0 bridgehead atoms. The summed E-state index contributed by atoms with van der Waals surface area (Å²) in [6.45, 7) is 3.58. The lowest BCUT2D eigenvalue weighted by atomic mass is 9.98. The second kappa shape index (κ2) is 11.3. The standard InChI is InChI=1S/C24H24F3N3O4S/c1-14-7-5-10-18(21(30-33-4)23(31)32-3)19(14)13-34-29-15(2)22-28-12-20(35-22)16-8-6-9-17(11-16)24(25,26)27/h5,7,9-12H,6,8,13H2,1-4H3/b29-15+,30-21+. The maximum absolute atomic E-state index is 13.1. The van der Waals surface area contributed by atoms with Crippen LogP contribution in [0.2, 0.25) is 0 Å². The van der Waals surface area contributed by atoms with Gasteiger partial charge in [0.15, 0.2) is 5.71 Å². The molecule has 1 aromatic carbocycles. The van der Waals surface area contributed by atoms with Gasteiger partial charge in [0.05, 0.1) is 17.6 Å². The number of carbonyl (C=O) groups excluding carboxylic acids is 1. The zero-order chi connectivity index (χ0) is 25.6. The van der Waals surface area contributed by atoms with E-state index in [2.05, 4.69) is 15.3 Å². The summed E-state index contributed by atoms with van der Waals surface area (Å²) in [6.07, 6.45) is 0.380. The van der Waals surface area contributed by atoms with Crippen molar-refractivity contribution in [1.29, 1.82) is 0 Å². The largest absolute Gasteiger partial charge is 0.464 e. The van der Waals surface area contributed by atoms with Gasteiger partial charge in [-0.15, -0.1) is 11.3 Å². The first-order chi connectivity index (χ1) is 16.7. The van der Waals surface area contributed by atoms with E-state index in [-0.39, 0.29) is 12.3 Å². The van der Waals surface area contributed by atoms with E-state index in [1.54, 1.807) is 25.3 Å². The minimum atomic E-state index is -4.37. The third-order valence-electron chi connectivity index (χ3n) is 5.20. The van der Waals surface area contributed by atoms with E-state index < -0.39 is 17.7 Å². The van der Waals surface area contributed by atoms with Gasteiger partial charge in [0, 0.05) is 17.3 Å². The Balaban J connectivity index is 1.77. The number of thiazole rings is 1. The maximum atomic E-state index is 13.1. The first kappa shape index (κ1) is 26.1. The van der Waals surface area contributed by atoms with Gasteiger partial charge in [0.1, 0.15) is 24.4 Å². The molecule has 11 heteroatoms. The van der Waals surface area contributed by atoms with E-state index in [1.807, 2.05) is 13.0 Å². The summed E-state index contributed by atoms with van der Waals surface area (Å²) in [5.74, 6) is -0.658. The summed E-state index contributed by atoms with van der Waals surface area (Å²) < 4.78 is 44.0. The number of aromatic nitrogens is 1. The molecule has 0 spiro atoms. The molecular formula is C24H24F3N3O4S. The van der Waals surface area contributed by atoms with Crippen molar-refractivity contribution in [2.24, 2.45) is 10.3 Å². The number of rotatable bonds is 8. The van der Waals surface area contributed by atoms with E-state index >= 15 is 0 Å². The van der Waals surface area contributed by atoms with Gasteiger partial charge < -0.3 is 14.4 Å². The van der Waals surface area contributed by atoms with Crippen molar-refractivity contribution in [3.05, 3.63) is 68.7 Å². The summed E-state index contributed by atoms with van der Waals surface area (Å²) in [5, 5.41) is 8.44. The van der Waals surface area contributed by atoms with E-state index in [9.17, 15) is 18.0 Å². The molecule has 0 fully saturated rings. The predicted octanol–water partition coefficient (Wildman–Crippen LogP) is 5.58. The molecular weight excluding hydrogens is 483 g/mol. The molecule has 1 aliphatic rings. The van der Waals surface area contributed by atoms with Gasteiger partial charge in [-0.25, -0.2) is 9.78 Å². The quantitative estimate of drug-likeness (QED) is 0.265. The van der Waals surface area contributed by atoms with Crippen molar-refractivity contribution >= 4 is 34.3 Å². The zero-order valence-corrected chi connectivity index (χ0v) is 20.4. The molecule has 1 heterocycles. The number of allylic oxidation sites excluding steroid dienone is 4. The first-order valence-electron chi connectivity index (χ1n) is 10.5. The van der Waals surface area contributed by atoms with Crippen molar-refractivity contribution in [3.8, 4) is 0 Å². The van der Waals surface area contributed by atoms with Crippen LogP contribution in [0.25, 0.3) is 5.57 Å². The second-order valence-electron chi connectivity index (χ2n) is 7.56. The van der Waals surface area contributed by atoms with Crippen molar-refractivity contribution < 1.29 is 32.4 Å². The molecule has 0 N–H and O–H groups in total. The Morgan fingerprint density at radius 1 is 1.23 bits per heavy atom. The van der Waals surface area contributed by atoms with E-state index in [0.29, 0.717) is 45.1 Å². The number of hydrogen-bond donors (Lipinski definition) is 0. The number of benzene rings is 1. The molecule has 186 valence electrons. The van der Waals surface area contributed by atoms with Crippen LogP contribution in [-0.4, -0.2) is 42.8 Å². The molecule has 0 radical (unpaired) electrons. The molecule has 2 aromatic rings. The number of ether oxygens (including phenoxy) is 1. The smallest absolute Gasteiger partial charge is 0.416 e. The van der Waals surface area contributed by atoms with Crippen molar-refractivity contribution in [2.45, 2.75) is 39.5 Å². The maximum Gasteiger partial charge on any atom is 0.416 e. The van der Waals surface area contributed by atoms with Crippen LogP contribution in [-0.2, 0) is 25.8 Å². The number of carbonyl (C=O) groups is 1. The Hall–Kier alpha value is -3.47. The molecule has 0 atom stereocenters. The average Bonchev–Trinajstić information content (AvgIpc) is 3.33. The SMILES string of the molecule is CO/N=C(/C(=O)OC)c1cccc(C)c1CO/N=C(\C)c1ncc(C2=CC(C(F)(F)F)=CCC2)s1. The lowest BCUT2D eigenvalue weighted by Crippen LogP contribution is -2.20. The number of nitrogens with zero attached hydrogens (tertiary/aromatic N) is 3. The predicted molar refractivity (Wildman–Crippen MR) is 127 cm³/mol. The van der Waals surface area contributed by atoms with Crippen LogP contribution in [0, 0.1) is 6.92 Å². The number of aryl methyl sites for hydroxylation is 1. The number of methoxy groups -OCH3 is 1. The van der Waals surface area contributed by atoms with Crippen LogP contribution in [0.3, 0.4) is 0 Å². The van der Waals surface area contributed by atoms with Crippen LogP contribution in [0.1, 0.15) is 46.3 Å². The molecule has 3 rings (SSSR count). The Bertz CT molecular complexity index is 1210. The van der Waals surface area contributed by atoms with Gasteiger partial charge in [-0.2, -0.15) is 13.2 Å². The van der Waals surface area contributed by atoms with E-state index in [1.165, 1.54) is 37.7 Å². The summed E-state index contributed by atoms with van der Waals surface area (Å²) in [7, 11) is 2.58. The van der Waals surface area contributed by atoms with Crippen LogP contribution in [0.15, 0.2) is 52.4 Å². The molecule has 7 nitrogen and oxygen atoms in total. The lowest BCUT2D eigenvalue weighted by Gasteiger charge is -2.14. The topological polar surface area (TPSA) is 82.4 Å². The van der Waals surface area contributed by atoms with Crippen LogP contribution < -0.4 is 0 Å². The second-order valence-corrected chi connectivity index (χ2v) is 8.59. The lowest BCUT2D eigenvalue weighted by molar-refractivity contribution is -0.132. The van der Waals surface area contributed by atoms with Crippen LogP contribution in [0.4, 0.5) is 13.2 Å². The molecule has 1 aromatic heterocycles. The van der Waals surface area contributed by atoms with Gasteiger partial charge in [-0.05, 0) is 43.9 Å². The molecule has 0 aliphatic heterocycles. The summed E-state index contributed by atoms with van der Waals surface area (Å²) >= 11 is 1.25. The molecule has 0 amide bonds.